The van der Waals surface area contributed by atoms with Gasteiger partial charge in [0.2, 0.25) is 0 Å². The topological polar surface area (TPSA) is 116 Å². The van der Waals surface area contributed by atoms with Crippen molar-refractivity contribution in [2.75, 3.05) is 0 Å². The first kappa shape index (κ1) is 17.7. The third kappa shape index (κ3) is 2.92. The molecule has 0 unspecified atom stereocenters. The van der Waals surface area contributed by atoms with E-state index in [1.54, 1.807) is 36.9 Å². The molecule has 0 aliphatic rings. The maximum absolute atomic E-state index is 13.5. The van der Waals surface area contributed by atoms with Crippen LogP contribution in [0.2, 0.25) is 0 Å². The Hall–Kier alpha value is -4.18. The normalized spacial score (nSPS) is 11.5. The molecule has 6 aromatic rings. The fourth-order valence-corrected chi connectivity index (χ4v) is 4.25. The van der Waals surface area contributed by atoms with E-state index in [1.165, 1.54) is 12.3 Å². The number of aromatic nitrogens is 7. The lowest BCUT2D eigenvalue weighted by Crippen LogP contribution is -1.86. The summed E-state index contributed by atoms with van der Waals surface area (Å²) in [7, 11) is 0. The Labute approximate surface area is 177 Å². The summed E-state index contributed by atoms with van der Waals surface area (Å²) in [6.45, 7) is 0. The molecule has 0 amide bonds. The zero-order valence-corrected chi connectivity index (χ0v) is 16.5. The molecule has 31 heavy (non-hydrogen) atoms. The van der Waals surface area contributed by atoms with E-state index in [0.717, 1.165) is 38.2 Å². The second-order valence-corrected chi connectivity index (χ2v) is 7.93. The van der Waals surface area contributed by atoms with Gasteiger partial charge < -0.3 is 10.1 Å². The number of nitrogens with one attached hydrogen (secondary N) is 2. The van der Waals surface area contributed by atoms with Gasteiger partial charge in [0.25, 0.3) is 0 Å². The number of rotatable bonds is 3. The number of H-pyrrole nitrogens is 2. The van der Waals surface area contributed by atoms with Crippen LogP contribution in [-0.4, -0.2) is 40.2 Å². The SMILES string of the molecule is Oc1cncc(-c2cc3c(-c4nc5c(-c6ccc(F)s6)cncc5[nH]4)n[nH]c3cn2)c1. The molecule has 0 aliphatic carbocycles. The van der Waals surface area contributed by atoms with E-state index in [4.69, 9.17) is 4.98 Å². The molecule has 150 valence electrons. The Balaban J connectivity index is 1.51. The average Bonchev–Trinajstić information content (AvgIpc) is 3.50. The second kappa shape index (κ2) is 6.67. The van der Waals surface area contributed by atoms with Crippen molar-refractivity contribution in [1.29, 1.82) is 0 Å². The number of hydrogen-bond acceptors (Lipinski definition) is 7. The highest BCUT2D eigenvalue weighted by atomic mass is 32.1. The number of pyridine rings is 3. The van der Waals surface area contributed by atoms with Crippen molar-refractivity contribution < 1.29 is 9.50 Å². The minimum atomic E-state index is -0.262. The molecule has 6 aromatic heterocycles. The molecular weight excluding hydrogens is 417 g/mol. The van der Waals surface area contributed by atoms with Crippen molar-refractivity contribution >= 4 is 33.3 Å². The number of halogens is 1. The predicted octanol–water partition coefficient (Wildman–Crippen LogP) is 4.53. The van der Waals surface area contributed by atoms with Gasteiger partial charge in [-0.15, -0.1) is 11.3 Å². The van der Waals surface area contributed by atoms with Crippen LogP contribution in [0.4, 0.5) is 4.39 Å². The molecule has 6 heterocycles. The van der Waals surface area contributed by atoms with Crippen molar-refractivity contribution in [2.45, 2.75) is 0 Å². The first-order valence-corrected chi connectivity index (χ1v) is 10.1. The molecule has 6 rings (SSSR count). The fourth-order valence-electron chi connectivity index (χ4n) is 3.51. The van der Waals surface area contributed by atoms with Gasteiger partial charge >= 0.3 is 0 Å². The van der Waals surface area contributed by atoms with Gasteiger partial charge in [-0.2, -0.15) is 9.49 Å². The van der Waals surface area contributed by atoms with Crippen molar-refractivity contribution in [1.82, 2.24) is 35.1 Å². The van der Waals surface area contributed by atoms with Crippen LogP contribution in [0.3, 0.4) is 0 Å². The molecule has 0 saturated carbocycles. The van der Waals surface area contributed by atoms with Crippen LogP contribution in [0, 0.1) is 5.13 Å². The number of imidazole rings is 1. The Morgan fingerprint density at radius 1 is 0.968 bits per heavy atom. The Bertz CT molecular complexity index is 1590. The van der Waals surface area contributed by atoms with Crippen molar-refractivity contribution in [3.63, 3.8) is 0 Å². The summed E-state index contributed by atoms with van der Waals surface area (Å²) in [5, 5.41) is 17.7. The molecule has 0 radical (unpaired) electrons. The van der Waals surface area contributed by atoms with Crippen LogP contribution in [0.15, 0.2) is 55.2 Å². The van der Waals surface area contributed by atoms with E-state index in [9.17, 15) is 9.50 Å². The number of aromatic hydroxyl groups is 1. The Morgan fingerprint density at radius 3 is 2.71 bits per heavy atom. The lowest BCUT2D eigenvalue weighted by Gasteiger charge is -2.01. The molecule has 3 N–H and O–H groups in total. The van der Waals surface area contributed by atoms with Crippen LogP contribution in [0.1, 0.15) is 0 Å². The highest BCUT2D eigenvalue weighted by Crippen LogP contribution is 2.34. The van der Waals surface area contributed by atoms with Gasteiger partial charge in [0.1, 0.15) is 17.0 Å². The number of aromatic amines is 2. The summed E-state index contributed by atoms with van der Waals surface area (Å²) in [5.74, 6) is 0.618. The van der Waals surface area contributed by atoms with Crippen LogP contribution >= 0.6 is 11.3 Å². The fraction of sp³-hybridized carbons (Fsp3) is 0. The first-order valence-electron chi connectivity index (χ1n) is 9.24. The Morgan fingerprint density at radius 2 is 1.87 bits per heavy atom. The highest BCUT2D eigenvalue weighted by Gasteiger charge is 2.17. The molecule has 0 fully saturated rings. The number of fused-ring (bicyclic) bond motifs is 2. The average molecular weight is 429 g/mol. The van der Waals surface area contributed by atoms with Gasteiger partial charge in [-0.25, -0.2) is 4.98 Å². The molecule has 0 atom stereocenters. The van der Waals surface area contributed by atoms with E-state index < -0.39 is 0 Å². The number of hydrogen-bond donors (Lipinski definition) is 3. The third-order valence-electron chi connectivity index (χ3n) is 4.92. The number of nitrogens with zero attached hydrogens (tertiary/aromatic N) is 5. The van der Waals surface area contributed by atoms with E-state index >= 15 is 0 Å². The third-order valence-corrected chi connectivity index (χ3v) is 5.83. The van der Waals surface area contributed by atoms with Crippen LogP contribution < -0.4 is 0 Å². The molecule has 0 bridgehead atoms. The monoisotopic (exact) mass is 429 g/mol. The Kier molecular flexibility index (Phi) is 3.80. The maximum atomic E-state index is 13.5. The highest BCUT2D eigenvalue weighted by molar-refractivity contribution is 7.14. The lowest BCUT2D eigenvalue weighted by molar-refractivity contribution is 0.473. The first-order chi connectivity index (χ1) is 15.2. The summed E-state index contributed by atoms with van der Waals surface area (Å²) in [6, 6.07) is 6.61. The summed E-state index contributed by atoms with van der Waals surface area (Å²) >= 11 is 1.05. The molecular formula is C21H12FN7OS. The van der Waals surface area contributed by atoms with Crippen molar-refractivity contribution in [3.05, 3.63) is 60.4 Å². The second-order valence-electron chi connectivity index (χ2n) is 6.89. The molecule has 10 heteroatoms. The van der Waals surface area contributed by atoms with Crippen molar-refractivity contribution in [2.24, 2.45) is 0 Å². The van der Waals surface area contributed by atoms with Gasteiger partial charge in [0.05, 0.1) is 35.3 Å². The molecule has 0 aromatic carbocycles. The van der Waals surface area contributed by atoms with Crippen LogP contribution in [-0.2, 0) is 0 Å². The summed E-state index contributed by atoms with van der Waals surface area (Å²) in [4.78, 5) is 21.5. The summed E-state index contributed by atoms with van der Waals surface area (Å²) in [6.07, 6.45) is 8.03. The lowest BCUT2D eigenvalue weighted by atomic mass is 10.1. The minimum Gasteiger partial charge on any atom is -0.506 e. The van der Waals surface area contributed by atoms with Gasteiger partial charge in [0, 0.05) is 33.8 Å². The summed E-state index contributed by atoms with van der Waals surface area (Å²) in [5.41, 5.74) is 4.86. The predicted molar refractivity (Wildman–Crippen MR) is 115 cm³/mol. The minimum absolute atomic E-state index is 0.0640. The van der Waals surface area contributed by atoms with Gasteiger partial charge in [-0.05, 0) is 24.3 Å². The number of thiophene rings is 1. The molecule has 0 spiro atoms. The van der Waals surface area contributed by atoms with E-state index in [2.05, 4.69) is 30.1 Å². The standard InChI is InChI=1S/C21H12FN7OS/c22-18-2-1-17(31-18)13-7-24-8-16-19(13)27-21(26-16)20-12-4-14(25-9-15(12)28-29-20)10-3-11(30)6-23-5-10/h1-9,30H,(H,26,27)(H,28,29). The van der Waals surface area contributed by atoms with E-state index in [0.29, 0.717) is 28.3 Å². The zero-order chi connectivity index (χ0) is 20.9. The molecule has 0 aliphatic heterocycles. The van der Waals surface area contributed by atoms with Crippen LogP contribution in [0.5, 0.6) is 5.75 Å². The van der Waals surface area contributed by atoms with Crippen molar-refractivity contribution in [3.8, 4) is 39.0 Å². The van der Waals surface area contributed by atoms with Crippen LogP contribution in [0.25, 0.3) is 55.2 Å². The smallest absolute Gasteiger partial charge is 0.176 e. The molecule has 8 nitrogen and oxygen atoms in total. The van der Waals surface area contributed by atoms with E-state index in [-0.39, 0.29) is 10.9 Å². The van der Waals surface area contributed by atoms with E-state index in [1.807, 2.05) is 6.07 Å². The molecule has 0 saturated heterocycles. The maximum Gasteiger partial charge on any atom is 0.176 e. The van der Waals surface area contributed by atoms with Gasteiger partial charge in [-0.1, -0.05) is 0 Å². The quantitative estimate of drug-likeness (QED) is 0.381. The van der Waals surface area contributed by atoms with Gasteiger partial charge in [-0.3, -0.25) is 20.1 Å². The largest absolute Gasteiger partial charge is 0.506 e. The zero-order valence-electron chi connectivity index (χ0n) is 15.7. The van der Waals surface area contributed by atoms with Gasteiger partial charge in [0.15, 0.2) is 11.0 Å². The summed E-state index contributed by atoms with van der Waals surface area (Å²) < 4.78 is 13.5.